The van der Waals surface area contributed by atoms with Crippen LogP contribution in [0.2, 0.25) is 0 Å². The van der Waals surface area contributed by atoms with Crippen molar-refractivity contribution in [3.63, 3.8) is 0 Å². The van der Waals surface area contributed by atoms with Crippen LogP contribution in [0.25, 0.3) is 5.84 Å². The number of para-hydroxylation sites is 2. The molecule has 0 aromatic heterocycles. The molecule has 0 saturated heterocycles. The number of nitrogens with one attached hydrogen (secondary N) is 2. The Morgan fingerprint density at radius 1 is 1.08 bits per heavy atom. The van der Waals surface area contributed by atoms with Crippen LogP contribution in [0.5, 0.6) is 0 Å². The molecule has 0 unspecified atom stereocenters. The Kier molecular flexibility index (Phi) is 1.46. The zero-order chi connectivity index (χ0) is 8.72. The molecule has 0 bridgehead atoms. The molecule has 1 aliphatic rings. The van der Waals surface area contributed by atoms with Gasteiger partial charge in [0.15, 0.2) is 0 Å². The fourth-order valence-electron chi connectivity index (χ4n) is 1.48. The molecule has 1 aromatic rings. The minimum absolute atomic E-state index is 0.524. The minimum Gasteiger partial charge on any atom is -0.415 e. The zero-order valence-corrected chi connectivity index (χ0v) is 7.20. The molecule has 0 aliphatic carbocycles. The second-order valence-corrected chi connectivity index (χ2v) is 2.93. The predicted molar refractivity (Wildman–Crippen MR) is 48.5 cm³/mol. The number of anilines is 2. The summed E-state index contributed by atoms with van der Waals surface area (Å²) < 4.78 is 0. The van der Waals surface area contributed by atoms with Crippen LogP contribution >= 0.6 is 0 Å². The molecule has 0 atom stereocenters. The van der Waals surface area contributed by atoms with Gasteiger partial charge in [-0.05, 0) is 12.1 Å². The third-order valence-electron chi connectivity index (χ3n) is 2.24. The molecule has 0 spiro atoms. The Morgan fingerprint density at radius 2 is 1.50 bits per heavy atom. The van der Waals surface area contributed by atoms with Gasteiger partial charge in [0.2, 0.25) is 0 Å². The predicted octanol–water partition coefficient (Wildman–Crippen LogP) is 0.255. The number of hydrogen-bond donors (Lipinski definition) is 1. The summed E-state index contributed by atoms with van der Waals surface area (Å²) in [4.78, 5) is 0. The lowest BCUT2D eigenvalue weighted by Gasteiger charge is -2.28. The van der Waals surface area contributed by atoms with Crippen molar-refractivity contribution in [2.24, 2.45) is 0 Å². The van der Waals surface area contributed by atoms with E-state index in [2.05, 4.69) is 0 Å². The van der Waals surface area contributed by atoms with Gasteiger partial charge in [-0.25, -0.2) is 15.2 Å². The molecule has 4 nitrogen and oxygen atoms in total. The van der Waals surface area contributed by atoms with Crippen molar-refractivity contribution < 1.29 is 5.23 Å². The largest absolute Gasteiger partial charge is 0.415 e. The molecule has 1 heterocycles. The molecule has 2 rings (SSSR count). The third-order valence-corrected chi connectivity index (χ3v) is 2.24. The summed E-state index contributed by atoms with van der Waals surface area (Å²) in [6.45, 7) is 0. The smallest absolute Gasteiger partial charge is 0.118 e. The normalized spacial score (nSPS) is 16.9. The quantitative estimate of drug-likeness (QED) is 0.596. The highest BCUT2D eigenvalue weighted by molar-refractivity contribution is 5.70. The van der Waals surface area contributed by atoms with Crippen LogP contribution in [0.3, 0.4) is 0 Å². The van der Waals surface area contributed by atoms with Crippen LogP contribution in [0.4, 0.5) is 11.4 Å². The Labute approximate surface area is 71.7 Å². The van der Waals surface area contributed by atoms with E-state index in [9.17, 15) is 0 Å². The molecular weight excluding hydrogens is 152 g/mol. The lowest BCUT2D eigenvalue weighted by atomic mass is 10.3. The number of nitrogens with zero attached hydrogens (tertiary/aromatic N) is 2. The first-order valence-electron chi connectivity index (χ1n) is 3.87. The van der Waals surface area contributed by atoms with E-state index in [1.54, 1.807) is 0 Å². The van der Waals surface area contributed by atoms with E-state index in [4.69, 9.17) is 5.84 Å². The summed E-state index contributed by atoms with van der Waals surface area (Å²) in [5, 5.41) is 4.26. The number of benzene rings is 1. The van der Waals surface area contributed by atoms with Crippen LogP contribution in [-0.2, 0) is 0 Å². The van der Waals surface area contributed by atoms with Crippen LogP contribution < -0.4 is 15.2 Å². The van der Waals surface area contributed by atoms with Crippen molar-refractivity contribution in [1.29, 1.82) is 0 Å². The van der Waals surface area contributed by atoms with Gasteiger partial charge in [0.25, 0.3) is 0 Å². The van der Waals surface area contributed by atoms with E-state index in [1.165, 1.54) is 0 Å². The van der Waals surface area contributed by atoms with Crippen molar-refractivity contribution >= 4 is 11.4 Å². The standard InChI is InChI=1S/C8H12N4/c1-10-7-5-3-4-6-8(7)11(2)12(10)9/h3-6,9,12H,1-2H3. The SMILES string of the molecule is CN1c2ccccc2N(C)[NH+]1[NH-]. The monoisotopic (exact) mass is 164 g/mol. The van der Waals surface area contributed by atoms with Gasteiger partial charge in [0, 0.05) is 0 Å². The average molecular weight is 164 g/mol. The molecular formula is C8H12N4. The Bertz CT molecular complexity index is 270. The first kappa shape index (κ1) is 7.39. The lowest BCUT2D eigenvalue weighted by molar-refractivity contribution is -0.857. The number of hydrogen-bond acceptors (Lipinski definition) is 2. The number of fused-ring (bicyclic) bond motifs is 1. The van der Waals surface area contributed by atoms with Crippen molar-refractivity contribution in [1.82, 2.24) is 0 Å². The van der Waals surface area contributed by atoms with Crippen molar-refractivity contribution in [3.05, 3.63) is 30.1 Å². The van der Waals surface area contributed by atoms with Crippen LogP contribution in [0, 0.1) is 0 Å². The fourth-order valence-corrected chi connectivity index (χ4v) is 1.48. The van der Waals surface area contributed by atoms with Gasteiger partial charge in [-0.1, -0.05) is 12.1 Å². The molecule has 12 heavy (non-hydrogen) atoms. The maximum atomic E-state index is 7.70. The first-order chi connectivity index (χ1) is 5.72. The van der Waals surface area contributed by atoms with Gasteiger partial charge >= 0.3 is 0 Å². The average Bonchev–Trinajstić information content (AvgIpc) is 2.33. The highest BCUT2D eigenvalue weighted by Crippen LogP contribution is 2.27. The molecule has 0 fully saturated rings. The second kappa shape index (κ2) is 2.36. The zero-order valence-electron chi connectivity index (χ0n) is 7.20. The summed E-state index contributed by atoms with van der Waals surface area (Å²) in [7, 11) is 3.81. The molecule has 1 aromatic carbocycles. The number of rotatable bonds is 0. The Balaban J connectivity index is 2.52. The molecule has 0 saturated carbocycles. The van der Waals surface area contributed by atoms with Gasteiger partial charge in [-0.2, -0.15) is 0 Å². The Hall–Kier alpha value is -1.26. The van der Waals surface area contributed by atoms with E-state index in [0.717, 1.165) is 11.4 Å². The highest BCUT2D eigenvalue weighted by atomic mass is 16.0. The van der Waals surface area contributed by atoms with Gasteiger partial charge in [-0.15, -0.1) is 0 Å². The highest BCUT2D eigenvalue weighted by Gasteiger charge is 2.26. The summed E-state index contributed by atoms with van der Waals surface area (Å²) >= 11 is 0. The van der Waals surface area contributed by atoms with Crippen molar-refractivity contribution in [2.45, 2.75) is 0 Å². The maximum Gasteiger partial charge on any atom is 0.118 e. The van der Waals surface area contributed by atoms with Gasteiger partial charge < -0.3 is 5.84 Å². The Morgan fingerprint density at radius 3 is 1.92 bits per heavy atom. The van der Waals surface area contributed by atoms with Crippen LogP contribution in [0.15, 0.2) is 24.3 Å². The molecule has 64 valence electrons. The van der Waals surface area contributed by atoms with E-state index in [0.29, 0.717) is 5.23 Å². The molecule has 0 amide bonds. The fraction of sp³-hybridized carbons (Fsp3) is 0.250. The van der Waals surface area contributed by atoms with Gasteiger partial charge in [0.05, 0.1) is 14.1 Å². The maximum absolute atomic E-state index is 7.70. The van der Waals surface area contributed by atoms with E-state index in [-0.39, 0.29) is 0 Å². The molecule has 4 heteroatoms. The van der Waals surface area contributed by atoms with Gasteiger partial charge in [-0.3, -0.25) is 0 Å². The molecule has 0 radical (unpaired) electrons. The lowest BCUT2D eigenvalue weighted by Crippen LogP contribution is -3.17. The van der Waals surface area contributed by atoms with Crippen LogP contribution in [0.1, 0.15) is 0 Å². The summed E-state index contributed by atoms with van der Waals surface area (Å²) in [5.41, 5.74) is 2.20. The van der Waals surface area contributed by atoms with Crippen molar-refractivity contribution in [3.8, 4) is 0 Å². The first-order valence-corrected chi connectivity index (χ1v) is 3.87. The molecule has 1 aliphatic heterocycles. The van der Waals surface area contributed by atoms with Crippen molar-refractivity contribution in [2.75, 3.05) is 24.1 Å². The summed E-state index contributed by atoms with van der Waals surface area (Å²) in [6, 6.07) is 8.02. The summed E-state index contributed by atoms with van der Waals surface area (Å²) in [6.07, 6.45) is 0. The minimum atomic E-state index is 0.524. The van der Waals surface area contributed by atoms with E-state index >= 15 is 0 Å². The third kappa shape index (κ3) is 0.790. The number of quaternary nitrogens is 1. The van der Waals surface area contributed by atoms with Gasteiger partial charge in [0.1, 0.15) is 11.4 Å². The van der Waals surface area contributed by atoms with E-state index in [1.807, 2.05) is 48.4 Å². The van der Waals surface area contributed by atoms with E-state index < -0.39 is 0 Å². The molecule has 2 N–H and O–H groups in total. The summed E-state index contributed by atoms with van der Waals surface area (Å²) in [5.74, 6) is 7.70. The van der Waals surface area contributed by atoms with Crippen LogP contribution in [-0.4, -0.2) is 14.1 Å². The second-order valence-electron chi connectivity index (χ2n) is 2.93. The topological polar surface area (TPSA) is 34.7 Å².